The molecule has 128 valence electrons. The highest BCUT2D eigenvalue weighted by Gasteiger charge is 2.46. The van der Waals surface area contributed by atoms with E-state index in [4.69, 9.17) is 0 Å². The van der Waals surface area contributed by atoms with E-state index in [2.05, 4.69) is 10.3 Å². The van der Waals surface area contributed by atoms with Crippen molar-refractivity contribution < 1.29 is 26.4 Å². The minimum absolute atomic E-state index is 0.0668. The van der Waals surface area contributed by atoms with Crippen LogP contribution in [-0.2, 0) is 16.3 Å². The molecule has 1 N–H and O–H groups in total. The maximum absolute atomic E-state index is 12.4. The lowest BCUT2D eigenvalue weighted by molar-refractivity contribution is -0.0436. The van der Waals surface area contributed by atoms with Crippen LogP contribution in [0, 0.1) is 0 Å². The molecule has 1 aromatic heterocycles. The van der Waals surface area contributed by atoms with Crippen LogP contribution in [0.3, 0.4) is 0 Å². The van der Waals surface area contributed by atoms with Crippen LogP contribution in [0.15, 0.2) is 53.6 Å². The number of nitrogens with one attached hydrogen (secondary N) is 1. The number of hydrogen-bond acceptors (Lipinski definition) is 4. The quantitative estimate of drug-likeness (QED) is 0.890. The summed E-state index contributed by atoms with van der Waals surface area (Å²) in [5, 5.41) is 2.59. The van der Waals surface area contributed by atoms with Gasteiger partial charge in [0.15, 0.2) is 0 Å². The highest BCUT2D eigenvalue weighted by molar-refractivity contribution is 7.92. The van der Waals surface area contributed by atoms with Crippen LogP contribution in [0.1, 0.15) is 16.1 Å². The highest BCUT2D eigenvalue weighted by Crippen LogP contribution is 2.30. The third-order valence-corrected chi connectivity index (χ3v) is 4.63. The standard InChI is InChI=1S/C15H13F3N2O3S/c16-15(17,18)24(22,23)13-6-4-11(5-7-13)14(21)20-10-8-12-3-1-2-9-19-12/h1-7,9H,8,10H2,(H,20,21). The molecule has 0 aliphatic rings. The first-order valence-electron chi connectivity index (χ1n) is 6.81. The lowest BCUT2D eigenvalue weighted by Gasteiger charge is -2.09. The van der Waals surface area contributed by atoms with Crippen molar-refractivity contribution in [1.29, 1.82) is 0 Å². The van der Waals surface area contributed by atoms with Gasteiger partial charge in [-0.15, -0.1) is 0 Å². The van der Waals surface area contributed by atoms with Crippen molar-refractivity contribution in [3.05, 3.63) is 59.9 Å². The van der Waals surface area contributed by atoms with E-state index in [1.807, 2.05) is 6.07 Å². The summed E-state index contributed by atoms with van der Waals surface area (Å²) in [5.74, 6) is -0.512. The summed E-state index contributed by atoms with van der Waals surface area (Å²) in [6.45, 7) is 0.290. The maximum Gasteiger partial charge on any atom is 0.501 e. The van der Waals surface area contributed by atoms with E-state index in [9.17, 15) is 26.4 Å². The van der Waals surface area contributed by atoms with Gasteiger partial charge in [0.1, 0.15) is 0 Å². The zero-order valence-electron chi connectivity index (χ0n) is 12.2. The van der Waals surface area contributed by atoms with Crippen molar-refractivity contribution in [2.75, 3.05) is 6.54 Å². The van der Waals surface area contributed by atoms with Crippen LogP contribution in [0.4, 0.5) is 13.2 Å². The Hall–Kier alpha value is -2.42. The Kier molecular flexibility index (Phi) is 5.23. The number of nitrogens with zero attached hydrogens (tertiary/aromatic N) is 1. The van der Waals surface area contributed by atoms with E-state index in [0.29, 0.717) is 13.0 Å². The zero-order chi connectivity index (χ0) is 17.8. The van der Waals surface area contributed by atoms with Gasteiger partial charge < -0.3 is 5.32 Å². The third-order valence-electron chi connectivity index (χ3n) is 3.12. The van der Waals surface area contributed by atoms with Gasteiger partial charge in [-0.1, -0.05) is 6.07 Å². The molecule has 0 spiro atoms. The molecule has 0 radical (unpaired) electrons. The van der Waals surface area contributed by atoms with E-state index >= 15 is 0 Å². The highest BCUT2D eigenvalue weighted by atomic mass is 32.2. The smallest absolute Gasteiger partial charge is 0.352 e. The van der Waals surface area contributed by atoms with Crippen molar-refractivity contribution in [2.45, 2.75) is 16.8 Å². The number of pyridine rings is 1. The predicted octanol–water partition coefficient (Wildman–Crippen LogP) is 2.35. The number of hydrogen-bond donors (Lipinski definition) is 1. The Balaban J connectivity index is 1.99. The summed E-state index contributed by atoms with van der Waals surface area (Å²) in [5.41, 5.74) is -4.53. The lowest BCUT2D eigenvalue weighted by Crippen LogP contribution is -2.26. The van der Waals surface area contributed by atoms with Crippen molar-refractivity contribution in [1.82, 2.24) is 10.3 Å². The summed E-state index contributed by atoms with van der Waals surface area (Å²) < 4.78 is 59.8. The fourth-order valence-electron chi connectivity index (χ4n) is 1.87. The van der Waals surface area contributed by atoms with E-state index in [1.54, 1.807) is 18.3 Å². The number of alkyl halides is 3. The first-order chi connectivity index (χ1) is 11.2. The molecule has 0 saturated heterocycles. The molecular formula is C15H13F3N2O3S. The molecule has 0 aliphatic heterocycles. The number of amides is 1. The Labute approximate surface area is 136 Å². The van der Waals surface area contributed by atoms with Crippen molar-refractivity contribution in [2.24, 2.45) is 0 Å². The van der Waals surface area contributed by atoms with Crippen LogP contribution >= 0.6 is 0 Å². The van der Waals surface area contributed by atoms with Crippen LogP contribution in [0.5, 0.6) is 0 Å². The molecule has 0 saturated carbocycles. The number of benzene rings is 1. The van der Waals surface area contributed by atoms with Crippen LogP contribution < -0.4 is 5.32 Å². The Morgan fingerprint density at radius 1 is 1.08 bits per heavy atom. The minimum atomic E-state index is -5.41. The summed E-state index contributed by atoms with van der Waals surface area (Å²) in [4.78, 5) is 15.1. The van der Waals surface area contributed by atoms with Crippen molar-refractivity contribution in [3.63, 3.8) is 0 Å². The normalized spacial score (nSPS) is 12.0. The van der Waals surface area contributed by atoms with E-state index in [0.717, 1.165) is 30.0 Å². The number of carbonyl (C=O) groups is 1. The summed E-state index contributed by atoms with van der Waals surface area (Å²) >= 11 is 0. The Morgan fingerprint density at radius 3 is 2.29 bits per heavy atom. The third kappa shape index (κ3) is 4.10. The largest absolute Gasteiger partial charge is 0.501 e. The first-order valence-corrected chi connectivity index (χ1v) is 8.29. The SMILES string of the molecule is O=C(NCCc1ccccn1)c1ccc(S(=O)(=O)C(F)(F)F)cc1. The van der Waals surface area contributed by atoms with Crippen LogP contribution in [0.25, 0.3) is 0 Å². The number of carbonyl (C=O) groups excluding carboxylic acids is 1. The van der Waals surface area contributed by atoms with Gasteiger partial charge in [0.25, 0.3) is 15.7 Å². The first kappa shape index (κ1) is 17.9. The van der Waals surface area contributed by atoms with Gasteiger partial charge in [-0.25, -0.2) is 8.42 Å². The molecule has 9 heteroatoms. The van der Waals surface area contributed by atoms with Crippen molar-refractivity contribution in [3.8, 4) is 0 Å². The van der Waals surface area contributed by atoms with Gasteiger partial charge in [-0.2, -0.15) is 13.2 Å². The molecule has 0 atom stereocenters. The molecule has 0 aliphatic carbocycles. The summed E-state index contributed by atoms with van der Waals surface area (Å²) in [6, 6.07) is 8.96. The molecule has 1 amide bonds. The minimum Gasteiger partial charge on any atom is -0.352 e. The Bertz CT molecular complexity index is 804. The Morgan fingerprint density at radius 2 is 1.75 bits per heavy atom. The van der Waals surface area contributed by atoms with Gasteiger partial charge in [-0.05, 0) is 36.4 Å². The predicted molar refractivity (Wildman–Crippen MR) is 80.0 cm³/mol. The van der Waals surface area contributed by atoms with Crippen molar-refractivity contribution >= 4 is 15.7 Å². The van der Waals surface area contributed by atoms with Gasteiger partial charge in [0.05, 0.1) is 4.90 Å². The molecule has 1 aromatic carbocycles. The van der Waals surface area contributed by atoms with Crippen LogP contribution in [0.2, 0.25) is 0 Å². The zero-order valence-corrected chi connectivity index (χ0v) is 13.1. The maximum atomic E-state index is 12.4. The number of rotatable bonds is 5. The second-order valence-electron chi connectivity index (χ2n) is 4.80. The molecule has 24 heavy (non-hydrogen) atoms. The topological polar surface area (TPSA) is 76.1 Å². The average Bonchev–Trinajstić information content (AvgIpc) is 2.55. The molecule has 0 bridgehead atoms. The van der Waals surface area contributed by atoms with E-state index in [1.165, 1.54) is 0 Å². The number of halogens is 3. The lowest BCUT2D eigenvalue weighted by atomic mass is 10.2. The second kappa shape index (κ2) is 7.00. The fourth-order valence-corrected chi connectivity index (χ4v) is 2.63. The van der Waals surface area contributed by atoms with Crippen LogP contribution in [-0.4, -0.2) is 31.4 Å². The van der Waals surface area contributed by atoms with Gasteiger partial charge >= 0.3 is 5.51 Å². The fraction of sp³-hybridized carbons (Fsp3) is 0.200. The summed E-state index contributed by atoms with van der Waals surface area (Å²) in [6.07, 6.45) is 2.12. The monoisotopic (exact) mass is 358 g/mol. The second-order valence-corrected chi connectivity index (χ2v) is 6.74. The average molecular weight is 358 g/mol. The number of sulfone groups is 1. The van der Waals surface area contributed by atoms with Gasteiger partial charge in [-0.3, -0.25) is 9.78 Å². The van der Waals surface area contributed by atoms with E-state index in [-0.39, 0.29) is 5.56 Å². The number of aromatic nitrogens is 1. The molecule has 0 fully saturated rings. The molecule has 1 heterocycles. The summed E-state index contributed by atoms with van der Waals surface area (Å²) in [7, 11) is -5.41. The molecular weight excluding hydrogens is 345 g/mol. The molecule has 2 aromatic rings. The van der Waals surface area contributed by atoms with Gasteiger partial charge in [0.2, 0.25) is 0 Å². The molecule has 2 rings (SSSR count). The van der Waals surface area contributed by atoms with Gasteiger partial charge in [0, 0.05) is 30.4 Å². The van der Waals surface area contributed by atoms with E-state index < -0.39 is 26.1 Å². The molecule has 0 unspecified atom stereocenters. The molecule has 5 nitrogen and oxygen atoms in total.